The molecule has 0 aromatic heterocycles. The maximum atomic E-state index is 4.59. The predicted molar refractivity (Wildman–Crippen MR) is 83.7 cm³/mol. The summed E-state index contributed by atoms with van der Waals surface area (Å²) in [5.41, 5.74) is 0. The van der Waals surface area contributed by atoms with E-state index in [9.17, 15) is 0 Å². The molecule has 0 aliphatic heterocycles. The van der Waals surface area contributed by atoms with Crippen LogP contribution in [0, 0.1) is 5.92 Å². The van der Waals surface area contributed by atoms with Crippen molar-refractivity contribution in [2.24, 2.45) is 10.9 Å². The van der Waals surface area contributed by atoms with Crippen LogP contribution in [0.1, 0.15) is 47.5 Å². The highest BCUT2D eigenvalue weighted by molar-refractivity contribution is 14.0. The molecule has 0 radical (unpaired) electrons. The number of nitrogens with one attached hydrogen (secondary N) is 2. The minimum absolute atomic E-state index is 0. The molecule has 0 fully saturated rings. The lowest BCUT2D eigenvalue weighted by molar-refractivity contribution is 0.503. The molecule has 0 saturated carbocycles. The number of rotatable bonds is 6. The molecule has 0 spiro atoms. The second kappa shape index (κ2) is 11.5. The van der Waals surface area contributed by atoms with Gasteiger partial charge in [-0.1, -0.05) is 26.7 Å². The van der Waals surface area contributed by atoms with Gasteiger partial charge in [-0.25, -0.2) is 0 Å². The second-order valence-corrected chi connectivity index (χ2v) is 4.20. The van der Waals surface area contributed by atoms with E-state index in [1.807, 2.05) is 0 Å². The molecule has 0 saturated heterocycles. The number of hydrogen-bond donors (Lipinski definition) is 2. The van der Waals surface area contributed by atoms with Crippen molar-refractivity contribution >= 4 is 29.9 Å². The van der Waals surface area contributed by atoms with Gasteiger partial charge in [0, 0.05) is 19.1 Å². The summed E-state index contributed by atoms with van der Waals surface area (Å²) in [7, 11) is 0. The number of guanidine groups is 1. The summed E-state index contributed by atoms with van der Waals surface area (Å²) in [5, 5.41) is 6.58. The number of hydrogen-bond acceptors (Lipinski definition) is 1. The smallest absolute Gasteiger partial charge is 0.191 e. The zero-order valence-corrected chi connectivity index (χ0v) is 13.7. The molecule has 0 amide bonds. The molecule has 2 N–H and O–H groups in total. The third-order valence-corrected chi connectivity index (χ3v) is 2.43. The van der Waals surface area contributed by atoms with Gasteiger partial charge in [-0.2, -0.15) is 0 Å². The van der Waals surface area contributed by atoms with Gasteiger partial charge in [0.05, 0.1) is 0 Å². The Kier molecular flexibility index (Phi) is 13.2. The fraction of sp³-hybridized carbons (Fsp3) is 0.917. The average Bonchev–Trinajstić information content (AvgIpc) is 2.18. The van der Waals surface area contributed by atoms with Crippen LogP contribution in [-0.2, 0) is 0 Å². The van der Waals surface area contributed by atoms with E-state index in [-0.39, 0.29) is 24.0 Å². The van der Waals surface area contributed by atoms with Crippen LogP contribution in [0.5, 0.6) is 0 Å². The first kappa shape index (κ1) is 18.4. The molecule has 3 nitrogen and oxygen atoms in total. The largest absolute Gasteiger partial charge is 0.357 e. The third kappa shape index (κ3) is 9.24. The van der Waals surface area contributed by atoms with Crippen molar-refractivity contribution < 1.29 is 0 Å². The van der Waals surface area contributed by atoms with E-state index in [4.69, 9.17) is 0 Å². The lowest BCUT2D eigenvalue weighted by Crippen LogP contribution is -2.41. The Morgan fingerprint density at radius 2 is 1.69 bits per heavy atom. The van der Waals surface area contributed by atoms with Gasteiger partial charge in [0.1, 0.15) is 0 Å². The Morgan fingerprint density at radius 1 is 1.12 bits per heavy atom. The van der Waals surface area contributed by atoms with Gasteiger partial charge in [0.2, 0.25) is 0 Å². The summed E-state index contributed by atoms with van der Waals surface area (Å²) in [5.74, 6) is 1.66. The molecule has 0 aliphatic carbocycles. The normalized spacial score (nSPS) is 11.6. The summed E-state index contributed by atoms with van der Waals surface area (Å²) in [6.07, 6.45) is 2.42. The van der Waals surface area contributed by atoms with Crippen LogP contribution in [0.2, 0.25) is 0 Å². The molecule has 0 aromatic rings. The first-order chi connectivity index (χ1) is 7.13. The minimum Gasteiger partial charge on any atom is -0.357 e. The van der Waals surface area contributed by atoms with Crippen molar-refractivity contribution in [3.63, 3.8) is 0 Å². The fourth-order valence-corrected chi connectivity index (χ4v) is 1.36. The van der Waals surface area contributed by atoms with Crippen molar-refractivity contribution in [3.05, 3.63) is 0 Å². The molecular weight excluding hydrogens is 313 g/mol. The van der Waals surface area contributed by atoms with Gasteiger partial charge in [0.25, 0.3) is 0 Å². The molecule has 0 bridgehead atoms. The summed E-state index contributed by atoms with van der Waals surface area (Å²) in [4.78, 5) is 4.59. The van der Waals surface area contributed by atoms with Crippen molar-refractivity contribution in [2.75, 3.05) is 13.1 Å². The van der Waals surface area contributed by atoms with Crippen LogP contribution in [0.3, 0.4) is 0 Å². The molecule has 98 valence electrons. The van der Waals surface area contributed by atoms with Crippen LogP contribution < -0.4 is 10.6 Å². The predicted octanol–water partition coefficient (Wildman–Crippen LogP) is 3.00. The van der Waals surface area contributed by atoms with Crippen LogP contribution in [0.25, 0.3) is 0 Å². The minimum atomic E-state index is 0. The van der Waals surface area contributed by atoms with Gasteiger partial charge in [-0.3, -0.25) is 4.99 Å². The number of nitrogens with zero attached hydrogens (tertiary/aromatic N) is 1. The van der Waals surface area contributed by atoms with Crippen molar-refractivity contribution in [2.45, 2.75) is 53.5 Å². The van der Waals surface area contributed by atoms with Gasteiger partial charge in [0.15, 0.2) is 5.96 Å². The third-order valence-electron chi connectivity index (χ3n) is 2.43. The monoisotopic (exact) mass is 341 g/mol. The molecule has 0 rings (SSSR count). The maximum Gasteiger partial charge on any atom is 0.191 e. The van der Waals surface area contributed by atoms with Gasteiger partial charge >= 0.3 is 0 Å². The highest BCUT2D eigenvalue weighted by Crippen LogP contribution is 2.06. The second-order valence-electron chi connectivity index (χ2n) is 4.20. The SMILES string of the molecule is CCNC(=NCC(CC)CC)NC(C)C.I. The molecule has 0 aromatic carbocycles. The summed E-state index contributed by atoms with van der Waals surface area (Å²) < 4.78 is 0. The zero-order valence-electron chi connectivity index (χ0n) is 11.3. The molecule has 4 heteroatoms. The Hall–Kier alpha value is 0. The Morgan fingerprint density at radius 3 is 2.06 bits per heavy atom. The van der Waals surface area contributed by atoms with Crippen molar-refractivity contribution in [3.8, 4) is 0 Å². The Bertz CT molecular complexity index is 177. The molecule has 0 aliphatic rings. The lowest BCUT2D eigenvalue weighted by Gasteiger charge is -2.15. The highest BCUT2D eigenvalue weighted by atomic mass is 127. The summed E-state index contributed by atoms with van der Waals surface area (Å²) in [6.45, 7) is 12.7. The van der Waals surface area contributed by atoms with E-state index in [0.717, 1.165) is 19.0 Å². The van der Waals surface area contributed by atoms with E-state index in [1.54, 1.807) is 0 Å². The Balaban J connectivity index is 0. The fourth-order valence-electron chi connectivity index (χ4n) is 1.36. The Labute approximate surface area is 118 Å². The zero-order chi connectivity index (χ0) is 11.7. The van der Waals surface area contributed by atoms with E-state index in [2.05, 4.69) is 50.2 Å². The van der Waals surface area contributed by atoms with E-state index >= 15 is 0 Å². The quantitative estimate of drug-likeness (QED) is 0.443. The lowest BCUT2D eigenvalue weighted by atomic mass is 10.0. The summed E-state index contributed by atoms with van der Waals surface area (Å²) >= 11 is 0. The molecule has 0 atom stereocenters. The van der Waals surface area contributed by atoms with Crippen LogP contribution in [0.15, 0.2) is 4.99 Å². The van der Waals surface area contributed by atoms with Gasteiger partial charge in [-0.15, -0.1) is 24.0 Å². The number of aliphatic imine (C=N–C) groups is 1. The topological polar surface area (TPSA) is 36.4 Å². The molecule has 16 heavy (non-hydrogen) atoms. The highest BCUT2D eigenvalue weighted by Gasteiger charge is 2.04. The summed E-state index contributed by atoms with van der Waals surface area (Å²) in [6, 6.07) is 0.435. The van der Waals surface area contributed by atoms with Crippen molar-refractivity contribution in [1.29, 1.82) is 0 Å². The maximum absolute atomic E-state index is 4.59. The van der Waals surface area contributed by atoms with Gasteiger partial charge < -0.3 is 10.6 Å². The van der Waals surface area contributed by atoms with Crippen LogP contribution >= 0.6 is 24.0 Å². The van der Waals surface area contributed by atoms with Crippen LogP contribution in [-0.4, -0.2) is 25.1 Å². The van der Waals surface area contributed by atoms with Crippen LogP contribution in [0.4, 0.5) is 0 Å². The van der Waals surface area contributed by atoms with E-state index in [0.29, 0.717) is 12.0 Å². The molecular formula is C12H28IN3. The first-order valence-electron chi connectivity index (χ1n) is 6.18. The standard InChI is InChI=1S/C12H27N3.HI/c1-6-11(7-2)9-14-12(13-8-3)15-10(4)5;/h10-11H,6-9H2,1-5H3,(H2,13,14,15);1H. The van der Waals surface area contributed by atoms with Crippen molar-refractivity contribution in [1.82, 2.24) is 10.6 Å². The van der Waals surface area contributed by atoms with E-state index in [1.165, 1.54) is 12.8 Å². The van der Waals surface area contributed by atoms with Gasteiger partial charge in [-0.05, 0) is 26.7 Å². The van der Waals surface area contributed by atoms with E-state index < -0.39 is 0 Å². The average molecular weight is 341 g/mol. The molecule has 0 heterocycles. The number of halogens is 1. The molecule has 0 unspecified atom stereocenters. The first-order valence-corrected chi connectivity index (χ1v) is 6.18.